The first-order valence-corrected chi connectivity index (χ1v) is 9.55. The largest absolute Gasteiger partial charge is 0.497 e. The van der Waals surface area contributed by atoms with Gasteiger partial charge in [0.25, 0.3) is 0 Å². The number of hydrogen-bond donors (Lipinski definition) is 1. The van der Waals surface area contributed by atoms with Gasteiger partial charge in [-0.05, 0) is 34.8 Å². The van der Waals surface area contributed by atoms with Crippen LogP contribution >= 0.6 is 23.3 Å². The SMILES string of the molecule is COc1cccc(/C=N/Nc2snc(SCc3ccccc3)c2C#N)c1. The minimum absolute atomic E-state index is 0.527. The van der Waals surface area contributed by atoms with E-state index in [0.29, 0.717) is 10.6 Å². The smallest absolute Gasteiger partial charge is 0.148 e. The normalized spacial score (nSPS) is 10.6. The van der Waals surface area contributed by atoms with Gasteiger partial charge >= 0.3 is 0 Å². The molecule has 1 aromatic heterocycles. The molecule has 1 N–H and O–H groups in total. The number of thioether (sulfide) groups is 1. The van der Waals surface area contributed by atoms with Crippen molar-refractivity contribution in [3.63, 3.8) is 0 Å². The summed E-state index contributed by atoms with van der Waals surface area (Å²) >= 11 is 2.78. The monoisotopic (exact) mass is 380 g/mol. The molecule has 1 heterocycles. The van der Waals surface area contributed by atoms with Gasteiger partial charge in [0.15, 0.2) is 0 Å². The van der Waals surface area contributed by atoms with Crippen molar-refractivity contribution in [3.05, 3.63) is 71.3 Å². The number of aromatic nitrogens is 1. The molecule has 0 aliphatic carbocycles. The van der Waals surface area contributed by atoms with Crippen LogP contribution in [0.3, 0.4) is 0 Å². The van der Waals surface area contributed by atoms with Crippen LogP contribution in [0.5, 0.6) is 5.75 Å². The van der Waals surface area contributed by atoms with Crippen molar-refractivity contribution < 1.29 is 4.74 Å². The zero-order valence-electron chi connectivity index (χ0n) is 14.0. The fourth-order valence-electron chi connectivity index (χ4n) is 2.16. The molecule has 3 rings (SSSR count). The van der Waals surface area contributed by atoms with Crippen LogP contribution in [0.2, 0.25) is 0 Å². The second-order valence-corrected chi connectivity index (χ2v) is 6.96. The van der Waals surface area contributed by atoms with Gasteiger partial charge in [-0.25, -0.2) is 0 Å². The molecule has 0 saturated heterocycles. The zero-order chi connectivity index (χ0) is 18.2. The van der Waals surface area contributed by atoms with Gasteiger partial charge in [-0.1, -0.05) is 54.2 Å². The Hall–Kier alpha value is -2.82. The minimum atomic E-state index is 0.527. The number of benzene rings is 2. The minimum Gasteiger partial charge on any atom is -0.497 e. The molecule has 0 bridgehead atoms. The first-order valence-electron chi connectivity index (χ1n) is 7.80. The number of nitrogens with zero attached hydrogens (tertiary/aromatic N) is 3. The van der Waals surface area contributed by atoms with Crippen LogP contribution < -0.4 is 10.2 Å². The molecule has 7 heteroatoms. The maximum atomic E-state index is 9.46. The summed E-state index contributed by atoms with van der Waals surface area (Å²) in [5, 5.41) is 15.0. The third kappa shape index (κ3) is 4.63. The second-order valence-electron chi connectivity index (χ2n) is 5.22. The standard InChI is InChI=1S/C19H16N4OS2/c1-24-16-9-5-8-15(10-16)12-21-22-18-17(11-20)19(23-26-18)25-13-14-6-3-2-4-7-14/h2-10,12,22H,13H2,1H3/b21-12+. The summed E-state index contributed by atoms with van der Waals surface area (Å²) in [6.45, 7) is 0. The van der Waals surface area contributed by atoms with E-state index in [1.165, 1.54) is 17.1 Å². The van der Waals surface area contributed by atoms with E-state index in [1.807, 2.05) is 42.5 Å². The van der Waals surface area contributed by atoms with Crippen molar-refractivity contribution in [2.24, 2.45) is 5.10 Å². The highest BCUT2D eigenvalue weighted by molar-refractivity contribution is 7.98. The van der Waals surface area contributed by atoms with Gasteiger partial charge in [0, 0.05) is 5.75 Å². The van der Waals surface area contributed by atoms with Gasteiger partial charge in [-0.15, -0.1) is 0 Å². The number of rotatable bonds is 7. The maximum Gasteiger partial charge on any atom is 0.148 e. The molecule has 0 radical (unpaired) electrons. The van der Waals surface area contributed by atoms with Crippen LogP contribution in [0, 0.1) is 11.3 Å². The van der Waals surface area contributed by atoms with E-state index in [0.717, 1.165) is 22.1 Å². The summed E-state index contributed by atoms with van der Waals surface area (Å²) in [6, 6.07) is 19.9. The van der Waals surface area contributed by atoms with Gasteiger partial charge in [0.05, 0.1) is 13.3 Å². The lowest BCUT2D eigenvalue weighted by molar-refractivity contribution is 0.415. The molecular weight excluding hydrogens is 364 g/mol. The quantitative estimate of drug-likeness (QED) is 0.363. The molecule has 2 aromatic carbocycles. The van der Waals surface area contributed by atoms with E-state index in [1.54, 1.807) is 25.1 Å². The van der Waals surface area contributed by atoms with E-state index < -0.39 is 0 Å². The molecule has 0 fully saturated rings. The van der Waals surface area contributed by atoms with Crippen LogP contribution in [0.15, 0.2) is 64.7 Å². The number of hydrogen-bond acceptors (Lipinski definition) is 7. The van der Waals surface area contributed by atoms with Crippen LogP contribution in [0.25, 0.3) is 0 Å². The highest BCUT2D eigenvalue weighted by Gasteiger charge is 2.13. The Morgan fingerprint density at radius 3 is 2.88 bits per heavy atom. The van der Waals surface area contributed by atoms with Crippen molar-refractivity contribution in [1.82, 2.24) is 4.37 Å². The summed E-state index contributed by atoms with van der Waals surface area (Å²) in [5.74, 6) is 1.54. The Labute approximate surface area is 160 Å². The first-order chi connectivity index (χ1) is 12.8. The number of ether oxygens (including phenoxy) is 1. The average Bonchev–Trinajstić information content (AvgIpc) is 3.09. The lowest BCUT2D eigenvalue weighted by Crippen LogP contribution is -1.91. The predicted molar refractivity (Wildman–Crippen MR) is 107 cm³/mol. The van der Waals surface area contributed by atoms with E-state index in [4.69, 9.17) is 4.74 Å². The lowest BCUT2D eigenvalue weighted by atomic mass is 10.2. The highest BCUT2D eigenvalue weighted by Crippen LogP contribution is 2.32. The van der Waals surface area contributed by atoms with Crippen LogP contribution in [-0.4, -0.2) is 17.7 Å². The van der Waals surface area contributed by atoms with Crippen LogP contribution in [0.1, 0.15) is 16.7 Å². The van der Waals surface area contributed by atoms with Crippen LogP contribution in [0.4, 0.5) is 5.00 Å². The number of nitriles is 1. The molecule has 0 unspecified atom stereocenters. The summed E-state index contributed by atoms with van der Waals surface area (Å²) in [4.78, 5) is 0. The Kier molecular flexibility index (Phi) is 6.25. The number of methoxy groups -OCH3 is 1. The molecule has 0 saturated carbocycles. The molecule has 0 aliphatic rings. The fourth-order valence-corrected chi connectivity index (χ4v) is 3.93. The number of nitrogens with one attached hydrogen (secondary N) is 1. The third-order valence-electron chi connectivity index (χ3n) is 3.46. The van der Waals surface area contributed by atoms with Crippen molar-refractivity contribution in [3.8, 4) is 11.8 Å². The van der Waals surface area contributed by atoms with Gasteiger partial charge in [-0.2, -0.15) is 14.7 Å². The number of anilines is 1. The third-order valence-corrected chi connectivity index (χ3v) is 5.38. The summed E-state index contributed by atoms with van der Waals surface area (Å²) < 4.78 is 9.57. The van der Waals surface area contributed by atoms with E-state index in [9.17, 15) is 5.26 Å². The number of hydrazone groups is 1. The van der Waals surface area contributed by atoms with E-state index in [-0.39, 0.29) is 0 Å². The van der Waals surface area contributed by atoms with E-state index >= 15 is 0 Å². The Morgan fingerprint density at radius 2 is 2.12 bits per heavy atom. The molecule has 0 spiro atoms. The van der Waals surface area contributed by atoms with Crippen molar-refractivity contribution in [1.29, 1.82) is 5.26 Å². The van der Waals surface area contributed by atoms with E-state index in [2.05, 4.69) is 33.1 Å². The summed E-state index contributed by atoms with van der Waals surface area (Å²) in [6.07, 6.45) is 1.68. The Bertz CT molecular complexity index is 932. The van der Waals surface area contributed by atoms with Gasteiger partial charge in [0.1, 0.15) is 27.4 Å². The topological polar surface area (TPSA) is 70.3 Å². The molecule has 3 aromatic rings. The van der Waals surface area contributed by atoms with Gasteiger partial charge in [0.2, 0.25) is 0 Å². The van der Waals surface area contributed by atoms with Gasteiger partial charge < -0.3 is 4.74 Å². The Morgan fingerprint density at radius 1 is 1.27 bits per heavy atom. The predicted octanol–water partition coefficient (Wildman–Crippen LogP) is 4.76. The molecule has 0 atom stereocenters. The Balaban J connectivity index is 1.66. The fraction of sp³-hybridized carbons (Fsp3) is 0.105. The first kappa shape index (κ1) is 18.0. The van der Waals surface area contributed by atoms with Crippen molar-refractivity contribution >= 4 is 34.5 Å². The molecular formula is C19H16N4OS2. The maximum absolute atomic E-state index is 9.46. The molecule has 0 amide bonds. The second kappa shape index (κ2) is 9.04. The van der Waals surface area contributed by atoms with Crippen molar-refractivity contribution in [2.45, 2.75) is 10.8 Å². The zero-order valence-corrected chi connectivity index (χ0v) is 15.7. The lowest BCUT2D eigenvalue weighted by Gasteiger charge is -2.01. The molecule has 5 nitrogen and oxygen atoms in total. The van der Waals surface area contributed by atoms with Crippen molar-refractivity contribution in [2.75, 3.05) is 12.5 Å². The summed E-state index contributed by atoms with van der Waals surface area (Å²) in [7, 11) is 1.62. The van der Waals surface area contributed by atoms with Gasteiger partial charge in [-0.3, -0.25) is 5.43 Å². The summed E-state index contributed by atoms with van der Waals surface area (Å²) in [5.41, 5.74) is 5.54. The molecule has 26 heavy (non-hydrogen) atoms. The van der Waals surface area contributed by atoms with Crippen LogP contribution in [-0.2, 0) is 5.75 Å². The average molecular weight is 380 g/mol. The highest BCUT2D eigenvalue weighted by atomic mass is 32.2. The molecule has 130 valence electrons. The molecule has 0 aliphatic heterocycles.